The second kappa shape index (κ2) is 6.53. The van der Waals surface area contributed by atoms with Gasteiger partial charge >= 0.3 is 0 Å². The number of anilines is 1. The van der Waals surface area contributed by atoms with Gasteiger partial charge in [0.05, 0.1) is 24.1 Å². The molecule has 0 bridgehead atoms. The summed E-state index contributed by atoms with van der Waals surface area (Å²) in [6.07, 6.45) is 6.13. The Morgan fingerprint density at radius 1 is 1.19 bits per heavy atom. The van der Waals surface area contributed by atoms with Crippen LogP contribution in [0.1, 0.15) is 43.8 Å². The van der Waals surface area contributed by atoms with Crippen LogP contribution < -0.4 is 10.1 Å². The van der Waals surface area contributed by atoms with Crippen molar-refractivity contribution in [3.63, 3.8) is 0 Å². The second-order valence-electron chi connectivity index (χ2n) is 7.72. The SMILES string of the molecule is C[C@H]1C[C@@H](n2ccc3c(N[C@H]4CCOc5ccccc54)ncnc32)C[C@@H]1O. The molecule has 4 atom stereocenters. The highest BCUT2D eigenvalue weighted by atomic mass is 16.5. The summed E-state index contributed by atoms with van der Waals surface area (Å²) in [6, 6.07) is 10.7. The molecule has 2 aromatic heterocycles. The number of fused-ring (bicyclic) bond motifs is 2. The molecule has 1 aliphatic heterocycles. The summed E-state index contributed by atoms with van der Waals surface area (Å²) in [5.41, 5.74) is 2.10. The molecule has 27 heavy (non-hydrogen) atoms. The molecular weight excluding hydrogens is 340 g/mol. The average molecular weight is 364 g/mol. The van der Waals surface area contributed by atoms with Crippen LogP contribution in [0.5, 0.6) is 5.75 Å². The molecule has 0 radical (unpaired) electrons. The molecule has 0 amide bonds. The highest BCUT2D eigenvalue weighted by Crippen LogP contribution is 2.38. The van der Waals surface area contributed by atoms with Crippen LogP contribution in [0.15, 0.2) is 42.9 Å². The van der Waals surface area contributed by atoms with Crippen molar-refractivity contribution in [1.29, 1.82) is 0 Å². The van der Waals surface area contributed by atoms with Gasteiger partial charge in [0.2, 0.25) is 0 Å². The van der Waals surface area contributed by atoms with E-state index in [1.54, 1.807) is 6.33 Å². The zero-order chi connectivity index (χ0) is 18.4. The van der Waals surface area contributed by atoms with E-state index < -0.39 is 0 Å². The summed E-state index contributed by atoms with van der Waals surface area (Å²) in [5.74, 6) is 2.12. The zero-order valence-corrected chi connectivity index (χ0v) is 15.4. The minimum atomic E-state index is -0.231. The quantitative estimate of drug-likeness (QED) is 0.741. The van der Waals surface area contributed by atoms with Crippen molar-refractivity contribution in [1.82, 2.24) is 14.5 Å². The molecular formula is C21H24N4O2. The zero-order valence-electron chi connectivity index (χ0n) is 15.4. The van der Waals surface area contributed by atoms with E-state index in [4.69, 9.17) is 4.74 Å². The fraction of sp³-hybridized carbons (Fsp3) is 0.429. The van der Waals surface area contributed by atoms with Crippen molar-refractivity contribution in [2.75, 3.05) is 11.9 Å². The first-order valence-corrected chi connectivity index (χ1v) is 9.68. The van der Waals surface area contributed by atoms with Gasteiger partial charge in [-0.15, -0.1) is 0 Å². The number of nitrogens with zero attached hydrogens (tertiary/aromatic N) is 3. The number of hydrogen-bond donors (Lipinski definition) is 2. The summed E-state index contributed by atoms with van der Waals surface area (Å²) >= 11 is 0. The predicted octanol–water partition coefficient (Wildman–Crippen LogP) is 3.70. The van der Waals surface area contributed by atoms with Crippen LogP contribution in [0.3, 0.4) is 0 Å². The molecule has 1 saturated carbocycles. The average Bonchev–Trinajstić information content (AvgIpc) is 3.26. The lowest BCUT2D eigenvalue weighted by Crippen LogP contribution is -2.21. The number of rotatable bonds is 3. The number of aliphatic hydroxyl groups excluding tert-OH is 1. The summed E-state index contributed by atoms with van der Waals surface area (Å²) in [5, 5.41) is 14.8. The Kier molecular flexibility index (Phi) is 4.01. The van der Waals surface area contributed by atoms with Gasteiger partial charge in [0.25, 0.3) is 0 Å². The summed E-state index contributed by atoms with van der Waals surface area (Å²) in [7, 11) is 0. The summed E-state index contributed by atoms with van der Waals surface area (Å²) in [6.45, 7) is 2.81. The maximum absolute atomic E-state index is 10.1. The maximum Gasteiger partial charge on any atom is 0.145 e. The first-order valence-electron chi connectivity index (χ1n) is 9.68. The molecule has 2 aliphatic rings. The monoisotopic (exact) mass is 364 g/mol. The lowest BCUT2D eigenvalue weighted by atomic mass is 10.0. The third-order valence-corrected chi connectivity index (χ3v) is 5.99. The van der Waals surface area contributed by atoms with Crippen molar-refractivity contribution in [3.8, 4) is 5.75 Å². The van der Waals surface area contributed by atoms with Crippen molar-refractivity contribution < 1.29 is 9.84 Å². The molecule has 0 unspecified atom stereocenters. The van der Waals surface area contributed by atoms with E-state index in [0.717, 1.165) is 41.9 Å². The predicted molar refractivity (Wildman–Crippen MR) is 104 cm³/mol. The molecule has 3 heterocycles. The number of aromatic nitrogens is 3. The number of aliphatic hydroxyl groups is 1. The molecule has 1 aromatic carbocycles. The normalized spacial score (nSPS) is 27.3. The topological polar surface area (TPSA) is 72.2 Å². The Morgan fingerprint density at radius 2 is 2.07 bits per heavy atom. The van der Waals surface area contributed by atoms with Crippen LogP contribution in [0, 0.1) is 5.92 Å². The van der Waals surface area contributed by atoms with Gasteiger partial charge in [0, 0.05) is 24.2 Å². The van der Waals surface area contributed by atoms with Crippen LogP contribution in [-0.2, 0) is 0 Å². The molecule has 2 N–H and O–H groups in total. The van der Waals surface area contributed by atoms with Gasteiger partial charge in [0.1, 0.15) is 23.5 Å². The van der Waals surface area contributed by atoms with E-state index in [1.807, 2.05) is 18.2 Å². The molecule has 5 rings (SSSR count). The van der Waals surface area contributed by atoms with E-state index in [2.05, 4.69) is 45.1 Å². The fourth-order valence-corrected chi connectivity index (χ4v) is 4.46. The Bertz CT molecular complexity index is 960. The summed E-state index contributed by atoms with van der Waals surface area (Å²) in [4.78, 5) is 9.06. The molecule has 1 aliphatic carbocycles. The lowest BCUT2D eigenvalue weighted by Gasteiger charge is -2.27. The first-order chi connectivity index (χ1) is 13.2. The Balaban J connectivity index is 1.47. The van der Waals surface area contributed by atoms with Crippen molar-refractivity contribution in [2.45, 2.75) is 44.4 Å². The molecule has 6 nitrogen and oxygen atoms in total. The molecule has 1 fully saturated rings. The van der Waals surface area contributed by atoms with E-state index in [-0.39, 0.29) is 12.1 Å². The first kappa shape index (κ1) is 16.6. The van der Waals surface area contributed by atoms with Crippen molar-refractivity contribution in [2.24, 2.45) is 5.92 Å². The van der Waals surface area contributed by atoms with Gasteiger partial charge in [0.15, 0.2) is 0 Å². The lowest BCUT2D eigenvalue weighted by molar-refractivity contribution is 0.139. The van der Waals surface area contributed by atoms with Gasteiger partial charge < -0.3 is 19.7 Å². The maximum atomic E-state index is 10.1. The number of para-hydroxylation sites is 1. The molecule has 0 spiro atoms. The van der Waals surface area contributed by atoms with Crippen LogP contribution in [-0.4, -0.2) is 32.4 Å². The minimum absolute atomic E-state index is 0.171. The van der Waals surface area contributed by atoms with Gasteiger partial charge in [-0.25, -0.2) is 9.97 Å². The third-order valence-electron chi connectivity index (χ3n) is 5.99. The summed E-state index contributed by atoms with van der Waals surface area (Å²) < 4.78 is 7.97. The van der Waals surface area contributed by atoms with Crippen molar-refractivity contribution >= 4 is 16.9 Å². The fourth-order valence-electron chi connectivity index (χ4n) is 4.46. The van der Waals surface area contributed by atoms with Gasteiger partial charge in [-0.1, -0.05) is 25.1 Å². The van der Waals surface area contributed by atoms with Gasteiger partial charge in [-0.3, -0.25) is 0 Å². The number of hydrogen-bond acceptors (Lipinski definition) is 5. The van der Waals surface area contributed by atoms with E-state index in [0.29, 0.717) is 18.6 Å². The Labute approximate surface area is 158 Å². The molecule has 140 valence electrons. The number of nitrogens with one attached hydrogen (secondary N) is 1. The van der Waals surface area contributed by atoms with Gasteiger partial charge in [-0.05, 0) is 30.9 Å². The highest BCUT2D eigenvalue weighted by molar-refractivity contribution is 5.87. The van der Waals surface area contributed by atoms with Crippen LogP contribution in [0.2, 0.25) is 0 Å². The molecule has 3 aromatic rings. The van der Waals surface area contributed by atoms with Crippen LogP contribution in [0.4, 0.5) is 5.82 Å². The second-order valence-corrected chi connectivity index (χ2v) is 7.72. The smallest absolute Gasteiger partial charge is 0.145 e. The Morgan fingerprint density at radius 3 is 2.93 bits per heavy atom. The van der Waals surface area contributed by atoms with E-state index >= 15 is 0 Å². The van der Waals surface area contributed by atoms with Crippen LogP contribution >= 0.6 is 0 Å². The third kappa shape index (κ3) is 2.84. The van der Waals surface area contributed by atoms with E-state index in [1.165, 1.54) is 5.56 Å². The highest BCUT2D eigenvalue weighted by Gasteiger charge is 2.32. The van der Waals surface area contributed by atoms with Crippen molar-refractivity contribution in [3.05, 3.63) is 48.4 Å². The number of benzene rings is 1. The minimum Gasteiger partial charge on any atom is -0.493 e. The van der Waals surface area contributed by atoms with E-state index in [9.17, 15) is 5.11 Å². The largest absolute Gasteiger partial charge is 0.493 e. The van der Waals surface area contributed by atoms with Crippen LogP contribution in [0.25, 0.3) is 11.0 Å². The standard InChI is InChI=1S/C21H24N4O2/c1-13-10-14(11-18(13)26)25-8-6-16-20(22-12-23-21(16)25)24-17-7-9-27-19-5-3-2-4-15(17)19/h2-6,8,12-14,17-18,26H,7,9-11H2,1H3,(H,22,23,24)/t13-,14+,17-,18-/m0/s1. The Hall–Kier alpha value is -2.60. The number of ether oxygens (including phenoxy) is 1. The van der Waals surface area contributed by atoms with Gasteiger partial charge in [-0.2, -0.15) is 0 Å². The molecule has 0 saturated heterocycles. The molecule has 6 heteroatoms.